The van der Waals surface area contributed by atoms with E-state index in [1.54, 1.807) is 11.3 Å². The molecular formula is C14H14N2OS. The molecule has 1 aromatic carbocycles. The van der Waals surface area contributed by atoms with Gasteiger partial charge in [0.05, 0.1) is 25.3 Å². The summed E-state index contributed by atoms with van der Waals surface area (Å²) in [6.45, 7) is 1.03. The topological polar surface area (TPSA) is 45.0 Å². The molecular weight excluding hydrogens is 244 g/mol. The molecule has 2 heterocycles. The molecule has 0 bridgehead atoms. The maximum Gasteiger partial charge on any atom is 0.123 e. The van der Waals surface area contributed by atoms with Crippen LogP contribution < -0.4 is 5.32 Å². The number of hydrogen-bond donors (Lipinski definition) is 1. The van der Waals surface area contributed by atoms with Gasteiger partial charge in [-0.25, -0.2) is 0 Å². The maximum atomic E-state index is 9.44. The van der Waals surface area contributed by atoms with Gasteiger partial charge >= 0.3 is 0 Å². The summed E-state index contributed by atoms with van der Waals surface area (Å²) in [5.74, 6) is 0. The monoisotopic (exact) mass is 258 g/mol. The summed E-state index contributed by atoms with van der Waals surface area (Å²) in [6, 6.07) is 10.8. The van der Waals surface area contributed by atoms with Crippen LogP contribution in [0.3, 0.4) is 0 Å². The Morgan fingerprint density at radius 2 is 2.22 bits per heavy atom. The summed E-state index contributed by atoms with van der Waals surface area (Å²) in [4.78, 5) is 0. The SMILES string of the molecule is CNC(c1csc2ccccc12)C1(C#N)COC1. The Labute approximate surface area is 110 Å². The second-order valence-electron chi connectivity index (χ2n) is 4.67. The van der Waals surface area contributed by atoms with E-state index in [-0.39, 0.29) is 6.04 Å². The fourth-order valence-electron chi connectivity index (χ4n) is 2.57. The van der Waals surface area contributed by atoms with Gasteiger partial charge in [-0.2, -0.15) is 5.26 Å². The van der Waals surface area contributed by atoms with Crippen LogP contribution >= 0.6 is 11.3 Å². The van der Waals surface area contributed by atoms with Gasteiger partial charge in [0.1, 0.15) is 5.41 Å². The van der Waals surface area contributed by atoms with Gasteiger partial charge in [0.25, 0.3) is 0 Å². The van der Waals surface area contributed by atoms with Crippen molar-refractivity contribution < 1.29 is 4.74 Å². The summed E-state index contributed by atoms with van der Waals surface area (Å²) < 4.78 is 6.53. The molecule has 0 spiro atoms. The van der Waals surface area contributed by atoms with Crippen molar-refractivity contribution in [1.29, 1.82) is 5.26 Å². The number of hydrogen-bond acceptors (Lipinski definition) is 4. The zero-order chi connectivity index (χ0) is 12.6. The number of thiophene rings is 1. The highest BCUT2D eigenvalue weighted by atomic mass is 32.1. The van der Waals surface area contributed by atoms with Gasteiger partial charge in [-0.1, -0.05) is 18.2 Å². The van der Waals surface area contributed by atoms with E-state index >= 15 is 0 Å². The van der Waals surface area contributed by atoms with Gasteiger partial charge in [-0.15, -0.1) is 11.3 Å². The first kappa shape index (κ1) is 11.7. The molecule has 1 unspecified atom stereocenters. The molecule has 1 aliphatic rings. The molecule has 1 aliphatic heterocycles. The van der Waals surface area contributed by atoms with Gasteiger partial charge in [0, 0.05) is 4.70 Å². The normalized spacial score (nSPS) is 19.1. The van der Waals surface area contributed by atoms with Crippen molar-refractivity contribution in [2.45, 2.75) is 6.04 Å². The Morgan fingerprint density at radius 1 is 1.44 bits per heavy atom. The zero-order valence-electron chi connectivity index (χ0n) is 10.1. The first-order chi connectivity index (χ1) is 8.80. The lowest BCUT2D eigenvalue weighted by atomic mass is 9.76. The number of nitrogens with one attached hydrogen (secondary N) is 1. The van der Waals surface area contributed by atoms with Crippen LogP contribution in [0.4, 0.5) is 0 Å². The molecule has 1 fully saturated rings. The molecule has 1 N–H and O–H groups in total. The third kappa shape index (κ3) is 1.56. The van der Waals surface area contributed by atoms with E-state index in [4.69, 9.17) is 4.74 Å². The highest BCUT2D eigenvalue weighted by Crippen LogP contribution is 2.43. The molecule has 2 aromatic rings. The van der Waals surface area contributed by atoms with E-state index in [2.05, 4.69) is 28.9 Å². The Bertz CT molecular complexity index is 610. The fourth-order valence-corrected chi connectivity index (χ4v) is 3.56. The first-order valence-corrected chi connectivity index (χ1v) is 6.81. The second kappa shape index (κ2) is 4.36. The van der Waals surface area contributed by atoms with Crippen molar-refractivity contribution >= 4 is 21.4 Å². The third-order valence-electron chi connectivity index (χ3n) is 3.61. The van der Waals surface area contributed by atoms with Crippen molar-refractivity contribution in [1.82, 2.24) is 5.32 Å². The van der Waals surface area contributed by atoms with Crippen molar-refractivity contribution in [3.63, 3.8) is 0 Å². The maximum absolute atomic E-state index is 9.44. The second-order valence-corrected chi connectivity index (χ2v) is 5.58. The molecule has 1 aromatic heterocycles. The number of ether oxygens (including phenoxy) is 1. The van der Waals surface area contributed by atoms with Crippen molar-refractivity contribution in [3.8, 4) is 6.07 Å². The summed E-state index contributed by atoms with van der Waals surface area (Å²) in [5.41, 5.74) is 0.793. The van der Waals surface area contributed by atoms with Crippen LogP contribution in [0.2, 0.25) is 0 Å². The van der Waals surface area contributed by atoms with Gasteiger partial charge in [-0.3, -0.25) is 0 Å². The number of fused-ring (bicyclic) bond motifs is 1. The molecule has 92 valence electrons. The predicted molar refractivity (Wildman–Crippen MR) is 72.5 cm³/mol. The van der Waals surface area contributed by atoms with Gasteiger partial charge in [0.2, 0.25) is 0 Å². The molecule has 0 saturated carbocycles. The Balaban J connectivity index is 2.09. The minimum Gasteiger partial charge on any atom is -0.378 e. The van der Waals surface area contributed by atoms with Gasteiger partial charge < -0.3 is 10.1 Å². The van der Waals surface area contributed by atoms with Crippen molar-refractivity contribution in [2.24, 2.45) is 5.41 Å². The van der Waals surface area contributed by atoms with Crippen LogP contribution in [0.25, 0.3) is 10.1 Å². The Morgan fingerprint density at radius 3 is 2.83 bits per heavy atom. The van der Waals surface area contributed by atoms with E-state index in [1.807, 2.05) is 19.2 Å². The van der Waals surface area contributed by atoms with E-state index < -0.39 is 5.41 Å². The van der Waals surface area contributed by atoms with Crippen LogP contribution in [0.1, 0.15) is 11.6 Å². The molecule has 0 amide bonds. The highest BCUT2D eigenvalue weighted by molar-refractivity contribution is 7.17. The van der Waals surface area contributed by atoms with Crippen LogP contribution in [0, 0.1) is 16.7 Å². The smallest absolute Gasteiger partial charge is 0.123 e. The number of rotatable bonds is 3. The predicted octanol–water partition coefficient (Wildman–Crippen LogP) is 2.70. The third-order valence-corrected chi connectivity index (χ3v) is 4.59. The average molecular weight is 258 g/mol. The van der Waals surface area contributed by atoms with Gasteiger partial charge in [-0.05, 0) is 29.4 Å². The van der Waals surface area contributed by atoms with Crippen LogP contribution in [-0.2, 0) is 4.74 Å². The summed E-state index contributed by atoms with van der Waals surface area (Å²) in [7, 11) is 1.91. The van der Waals surface area contributed by atoms with E-state index in [1.165, 1.54) is 15.6 Å². The van der Waals surface area contributed by atoms with Gasteiger partial charge in [0.15, 0.2) is 0 Å². The number of benzene rings is 1. The number of nitrogens with zero attached hydrogens (tertiary/aromatic N) is 1. The highest BCUT2D eigenvalue weighted by Gasteiger charge is 2.47. The van der Waals surface area contributed by atoms with E-state index in [9.17, 15) is 5.26 Å². The Hall–Kier alpha value is -1.41. The van der Waals surface area contributed by atoms with E-state index in [0.29, 0.717) is 13.2 Å². The fraction of sp³-hybridized carbons (Fsp3) is 0.357. The Kier molecular flexibility index (Phi) is 2.83. The van der Waals surface area contributed by atoms with Crippen molar-refractivity contribution in [2.75, 3.05) is 20.3 Å². The molecule has 18 heavy (non-hydrogen) atoms. The summed E-state index contributed by atoms with van der Waals surface area (Å²) in [6.07, 6.45) is 0. The van der Waals surface area contributed by atoms with Crippen LogP contribution in [0.5, 0.6) is 0 Å². The van der Waals surface area contributed by atoms with Crippen LogP contribution in [-0.4, -0.2) is 20.3 Å². The zero-order valence-corrected chi connectivity index (χ0v) is 11.0. The summed E-state index contributed by atoms with van der Waals surface area (Å²) >= 11 is 1.73. The average Bonchev–Trinajstić information content (AvgIpc) is 2.77. The molecule has 1 saturated heterocycles. The molecule has 0 aliphatic carbocycles. The standard InChI is InChI=1S/C14H14N2OS/c1-16-13(14(7-15)8-17-9-14)11-6-18-12-5-3-2-4-10(11)12/h2-6,13,16H,8-9H2,1H3. The molecule has 1 atom stereocenters. The minimum absolute atomic E-state index is 0.0346. The van der Waals surface area contributed by atoms with Crippen molar-refractivity contribution in [3.05, 3.63) is 35.2 Å². The quantitative estimate of drug-likeness (QED) is 0.920. The molecule has 4 heteroatoms. The molecule has 0 radical (unpaired) electrons. The largest absolute Gasteiger partial charge is 0.378 e. The lowest BCUT2D eigenvalue weighted by Crippen LogP contribution is -2.50. The molecule has 3 nitrogen and oxygen atoms in total. The lowest BCUT2D eigenvalue weighted by molar-refractivity contribution is -0.0960. The molecule has 3 rings (SSSR count). The lowest BCUT2D eigenvalue weighted by Gasteiger charge is -2.41. The van der Waals surface area contributed by atoms with E-state index in [0.717, 1.165) is 0 Å². The summed E-state index contributed by atoms with van der Waals surface area (Å²) in [5, 5.41) is 16.1. The minimum atomic E-state index is -0.418. The first-order valence-electron chi connectivity index (χ1n) is 5.93. The van der Waals surface area contributed by atoms with Crippen LogP contribution in [0.15, 0.2) is 29.6 Å². The number of nitriles is 1.